The van der Waals surface area contributed by atoms with E-state index in [9.17, 15) is 40.7 Å². The first-order valence-corrected chi connectivity index (χ1v) is 17.9. The van der Waals surface area contributed by atoms with Crippen molar-refractivity contribution < 1.29 is 40.7 Å². The topological polar surface area (TPSA) is 69.7 Å². The quantitative estimate of drug-likeness (QED) is 0.270. The van der Waals surface area contributed by atoms with Crippen molar-refractivity contribution in [1.29, 1.82) is 0 Å². The zero-order chi connectivity index (χ0) is 38.5. The number of halogens is 6. The number of hydrogen-bond acceptors (Lipinski definition) is 4. The van der Waals surface area contributed by atoms with Gasteiger partial charge in [0.1, 0.15) is 5.78 Å². The average molecular weight is 750 g/mol. The molecular weight excluding hydrogens is 696 g/mol. The van der Waals surface area contributed by atoms with Crippen LogP contribution in [0.25, 0.3) is 0 Å². The molecule has 3 aromatic carbocycles. The van der Waals surface area contributed by atoms with Gasteiger partial charge in [-0.25, -0.2) is 0 Å². The lowest BCUT2D eigenvalue weighted by Gasteiger charge is -2.41. The molecule has 6 nitrogen and oxygen atoms in total. The van der Waals surface area contributed by atoms with Crippen LogP contribution in [-0.2, 0) is 28.5 Å². The Kier molecular flexibility index (Phi) is 17.2. The van der Waals surface area contributed by atoms with Gasteiger partial charge in [-0.1, -0.05) is 102 Å². The minimum atomic E-state index is -5.03. The lowest BCUT2D eigenvalue weighted by molar-refractivity contribution is -0.143. The van der Waals surface area contributed by atoms with Crippen molar-refractivity contribution in [3.8, 4) is 0 Å². The van der Waals surface area contributed by atoms with Gasteiger partial charge >= 0.3 is 12.4 Å². The number of benzene rings is 3. The molecule has 0 aliphatic carbocycles. The van der Waals surface area contributed by atoms with Crippen LogP contribution in [0.2, 0.25) is 0 Å². The number of carbonyl (C=O) groups excluding carboxylic acids is 3. The Hall–Kier alpha value is -4.19. The zero-order valence-electron chi connectivity index (χ0n) is 30.2. The molecule has 3 fully saturated rings. The molecule has 3 aliphatic heterocycles. The third-order valence-corrected chi connectivity index (χ3v) is 9.23. The molecule has 3 heterocycles. The molecule has 2 amide bonds. The second-order valence-corrected chi connectivity index (χ2v) is 12.9. The Balaban J connectivity index is 0.000000404. The number of ketones is 1. The average Bonchev–Trinajstić information content (AvgIpc) is 3.45. The number of carbonyl (C=O) groups is 3. The van der Waals surface area contributed by atoms with Gasteiger partial charge in [-0.2, -0.15) is 26.3 Å². The van der Waals surface area contributed by atoms with Gasteiger partial charge in [0, 0.05) is 63.6 Å². The first-order chi connectivity index (χ1) is 24.7. The molecule has 3 saturated heterocycles. The number of likely N-dealkylation sites (tertiary alicyclic amines) is 2. The van der Waals surface area contributed by atoms with Crippen molar-refractivity contribution >= 4 is 17.6 Å². The maximum Gasteiger partial charge on any atom is 0.416 e. The number of rotatable bonds is 4. The fraction of sp³-hybridized carbons (Fsp3) is 0.488. The van der Waals surface area contributed by atoms with E-state index in [1.165, 1.54) is 16.9 Å². The maximum atomic E-state index is 13.2. The second kappa shape index (κ2) is 20.3. The molecule has 6 rings (SSSR count). The highest BCUT2D eigenvalue weighted by molar-refractivity contribution is 5.95. The predicted molar refractivity (Wildman–Crippen MR) is 196 cm³/mol. The van der Waals surface area contributed by atoms with Crippen LogP contribution in [-0.4, -0.2) is 60.1 Å². The SMILES string of the molecule is C.CC.CCC.O=C(c1cc(C(F)(F)F)cc(C(F)(F)F)c1)N1CCC2(CC1)C(=O)NCC2c1ccccc1.O=C1CCN(Cc2ccccc2)CC1. The van der Waals surface area contributed by atoms with Gasteiger partial charge in [-0.05, 0) is 42.2 Å². The molecule has 1 N–H and O–H groups in total. The molecule has 0 saturated carbocycles. The Morgan fingerprint density at radius 1 is 0.774 bits per heavy atom. The standard InChI is InChI=1S/C23H20F6N2O2.C12H15NO.C3H8.C2H6.CH4/c24-22(25,26)16-10-15(11-17(12-16)23(27,28)29)19(32)31-8-6-21(7-9-31)18(13-30-20(21)33)14-4-2-1-3-5-14;14-12-6-8-13(9-7-12)10-11-4-2-1-3-5-11;1-3-2;1-2;/h1-5,10-12,18H,6-9,13H2,(H,30,33);1-5H,6-10H2;3H2,1-2H3;1-2H3;1H4. The zero-order valence-corrected chi connectivity index (χ0v) is 30.2. The second-order valence-electron chi connectivity index (χ2n) is 12.9. The van der Waals surface area contributed by atoms with Gasteiger partial charge < -0.3 is 10.2 Å². The number of alkyl halides is 6. The molecule has 3 aliphatic rings. The van der Waals surface area contributed by atoms with Gasteiger partial charge in [0.25, 0.3) is 5.91 Å². The third kappa shape index (κ3) is 12.2. The molecule has 0 aromatic heterocycles. The lowest BCUT2D eigenvalue weighted by Crippen LogP contribution is -2.48. The first kappa shape index (κ1) is 45.0. The number of nitrogens with zero attached hydrogens (tertiary/aromatic N) is 2. The molecule has 1 spiro atoms. The Morgan fingerprint density at radius 3 is 1.72 bits per heavy atom. The molecule has 0 bridgehead atoms. The number of Topliss-reactive ketones (excluding diaryl/α,β-unsaturated/α-hetero) is 1. The van der Waals surface area contributed by atoms with E-state index in [0.717, 1.165) is 38.0 Å². The Labute approximate surface area is 309 Å². The van der Waals surface area contributed by atoms with Gasteiger partial charge in [0.2, 0.25) is 5.91 Å². The number of hydrogen-bond donors (Lipinski definition) is 1. The van der Waals surface area contributed by atoms with Crippen LogP contribution >= 0.6 is 0 Å². The van der Waals surface area contributed by atoms with Crippen molar-refractivity contribution in [3.05, 3.63) is 107 Å². The number of amides is 2. The summed E-state index contributed by atoms with van der Waals surface area (Å²) >= 11 is 0. The largest absolute Gasteiger partial charge is 0.416 e. The first-order valence-electron chi connectivity index (χ1n) is 17.9. The predicted octanol–water partition coefficient (Wildman–Crippen LogP) is 9.79. The molecule has 53 heavy (non-hydrogen) atoms. The monoisotopic (exact) mass is 749 g/mol. The smallest absolute Gasteiger partial charge is 0.355 e. The Bertz CT molecular complexity index is 1550. The minimum Gasteiger partial charge on any atom is -0.355 e. The molecule has 1 atom stereocenters. The van der Waals surface area contributed by atoms with E-state index in [0.29, 0.717) is 24.5 Å². The van der Waals surface area contributed by atoms with Crippen molar-refractivity contribution in [2.24, 2.45) is 5.41 Å². The van der Waals surface area contributed by atoms with Crippen LogP contribution in [0.15, 0.2) is 78.9 Å². The van der Waals surface area contributed by atoms with Crippen LogP contribution in [0.3, 0.4) is 0 Å². The summed E-state index contributed by atoms with van der Waals surface area (Å²) in [5, 5.41) is 2.86. The highest BCUT2D eigenvalue weighted by Gasteiger charge is 2.52. The van der Waals surface area contributed by atoms with Gasteiger partial charge in [-0.3, -0.25) is 19.3 Å². The Morgan fingerprint density at radius 2 is 1.25 bits per heavy atom. The van der Waals surface area contributed by atoms with E-state index in [-0.39, 0.29) is 51.2 Å². The minimum absolute atomic E-state index is 0. The van der Waals surface area contributed by atoms with Crippen molar-refractivity contribution in [3.63, 3.8) is 0 Å². The summed E-state index contributed by atoms with van der Waals surface area (Å²) in [5.41, 5.74) is -2.22. The van der Waals surface area contributed by atoms with Gasteiger partial charge in [-0.15, -0.1) is 0 Å². The highest BCUT2D eigenvalue weighted by atomic mass is 19.4. The number of nitrogens with one attached hydrogen (secondary N) is 1. The van der Waals surface area contributed by atoms with Gasteiger partial charge in [0.15, 0.2) is 0 Å². The van der Waals surface area contributed by atoms with Crippen LogP contribution in [0.1, 0.15) is 106 Å². The summed E-state index contributed by atoms with van der Waals surface area (Å²) in [5.74, 6) is -0.791. The third-order valence-electron chi connectivity index (χ3n) is 9.23. The summed E-state index contributed by atoms with van der Waals surface area (Å²) in [6.45, 7) is 11.6. The lowest BCUT2D eigenvalue weighted by atomic mass is 9.68. The van der Waals surface area contributed by atoms with Crippen molar-refractivity contribution in [2.45, 2.75) is 92.0 Å². The van der Waals surface area contributed by atoms with Crippen molar-refractivity contribution in [1.82, 2.24) is 15.1 Å². The molecule has 12 heteroatoms. The summed E-state index contributed by atoms with van der Waals surface area (Å²) < 4.78 is 78.9. The van der Waals surface area contributed by atoms with E-state index >= 15 is 0 Å². The van der Waals surface area contributed by atoms with E-state index in [1.807, 2.05) is 50.2 Å². The fourth-order valence-electron chi connectivity index (χ4n) is 6.59. The maximum absolute atomic E-state index is 13.2. The summed E-state index contributed by atoms with van der Waals surface area (Å²) in [7, 11) is 0. The van der Waals surface area contributed by atoms with Crippen LogP contribution in [0.5, 0.6) is 0 Å². The fourth-order valence-corrected chi connectivity index (χ4v) is 6.59. The summed E-state index contributed by atoms with van der Waals surface area (Å²) in [4.78, 5) is 40.2. The van der Waals surface area contributed by atoms with E-state index in [1.54, 1.807) is 0 Å². The van der Waals surface area contributed by atoms with Crippen LogP contribution in [0, 0.1) is 5.41 Å². The summed E-state index contributed by atoms with van der Waals surface area (Å²) in [6, 6.07) is 20.7. The van der Waals surface area contributed by atoms with Gasteiger partial charge in [0.05, 0.1) is 16.5 Å². The number of piperidine rings is 2. The van der Waals surface area contributed by atoms with Crippen LogP contribution < -0.4 is 5.32 Å². The molecular formula is C41H53F6N3O3. The molecule has 0 radical (unpaired) electrons. The normalized spacial score (nSPS) is 18.2. The highest BCUT2D eigenvalue weighted by Crippen LogP contribution is 2.48. The molecule has 1 unspecified atom stereocenters. The molecule has 292 valence electrons. The van der Waals surface area contributed by atoms with E-state index in [2.05, 4.69) is 48.3 Å². The van der Waals surface area contributed by atoms with Crippen LogP contribution in [0.4, 0.5) is 26.3 Å². The van der Waals surface area contributed by atoms with Crippen molar-refractivity contribution in [2.75, 3.05) is 32.7 Å². The molecule has 3 aromatic rings. The van der Waals surface area contributed by atoms with E-state index in [4.69, 9.17) is 0 Å². The van der Waals surface area contributed by atoms with E-state index < -0.39 is 40.4 Å². The summed E-state index contributed by atoms with van der Waals surface area (Å²) in [6.07, 6.45) is -6.84.